The van der Waals surface area contributed by atoms with Gasteiger partial charge < -0.3 is 30.2 Å². The molecule has 7 rings (SSSR count). The first-order valence-corrected chi connectivity index (χ1v) is 15.9. The minimum absolute atomic E-state index is 0.0356. The predicted octanol–water partition coefficient (Wildman–Crippen LogP) is 4.31. The highest BCUT2D eigenvalue weighted by molar-refractivity contribution is 7.22. The molecule has 3 atom stereocenters. The number of piperazine rings is 1. The number of hydrogen-bond acceptors (Lipinski definition) is 10. The Bertz CT molecular complexity index is 1760. The van der Waals surface area contributed by atoms with Crippen LogP contribution in [0, 0.1) is 11.6 Å². The lowest BCUT2D eigenvalue weighted by Gasteiger charge is -2.37. The van der Waals surface area contributed by atoms with E-state index >= 15 is 4.39 Å². The van der Waals surface area contributed by atoms with Gasteiger partial charge in [-0.3, -0.25) is 4.79 Å². The number of nitrogen functional groups attached to an aromatic ring is 1. The summed E-state index contributed by atoms with van der Waals surface area (Å²) in [6, 6.07) is 2.85. The number of nitrogens with zero attached hydrogens (tertiary/aromatic N) is 6. The number of rotatable bonds is 9. The summed E-state index contributed by atoms with van der Waals surface area (Å²) in [5.74, 6) is -0.742. The van der Waals surface area contributed by atoms with Crippen LogP contribution in [0.15, 0.2) is 16.9 Å². The number of anilines is 2. The number of benzene rings is 1. The number of nitrogens with two attached hydrogens (primary N) is 1. The smallest absolute Gasteiger partial charge is 0.319 e. The minimum atomic E-state index is -0.673. The molecule has 228 valence electrons. The maximum Gasteiger partial charge on any atom is 0.319 e. The van der Waals surface area contributed by atoms with Crippen LogP contribution in [0.4, 0.5) is 19.7 Å². The monoisotopic (exact) mass is 610 g/mol. The Labute approximate surface area is 251 Å². The molecule has 1 aliphatic carbocycles. The number of nitrogens with one attached hydrogen (secondary N) is 1. The molecule has 10 nitrogen and oxygen atoms in total. The average Bonchev–Trinajstić information content (AvgIpc) is 3.67. The predicted molar refractivity (Wildman–Crippen MR) is 165 cm³/mol. The molecule has 0 radical (unpaired) electrons. The molecule has 3 N–H and O–H groups in total. The molecule has 1 saturated carbocycles. The largest absolute Gasteiger partial charge is 0.459 e. The van der Waals surface area contributed by atoms with Gasteiger partial charge in [-0.25, -0.2) is 13.8 Å². The number of aromatic nitrogens is 4. The quantitative estimate of drug-likeness (QED) is 0.286. The van der Waals surface area contributed by atoms with Crippen LogP contribution in [0.3, 0.4) is 0 Å². The van der Waals surface area contributed by atoms with Crippen LogP contribution in [0.25, 0.3) is 32.4 Å². The van der Waals surface area contributed by atoms with Crippen LogP contribution in [0.2, 0.25) is 0 Å². The number of fused-ring (bicyclic) bond motifs is 4. The summed E-state index contributed by atoms with van der Waals surface area (Å²) in [6.07, 6.45) is 4.11. The number of likely N-dealkylation sites (N-methyl/N-ethyl adjacent to an activating group) is 1. The van der Waals surface area contributed by atoms with E-state index in [2.05, 4.69) is 32.0 Å². The SMILES string of the molecule is CCCN(C)CC(C)Oc1nc(N2C3CCC2CNC3)c2c(=O)n(C3CC3)c(-c3ccc(F)c4sc(N)nc34)c(F)c2n1. The van der Waals surface area contributed by atoms with Crippen LogP contribution in [-0.2, 0) is 0 Å². The Morgan fingerprint density at radius 3 is 2.53 bits per heavy atom. The van der Waals surface area contributed by atoms with Crippen molar-refractivity contribution in [2.75, 3.05) is 43.9 Å². The number of hydrogen-bond donors (Lipinski definition) is 2. The lowest BCUT2D eigenvalue weighted by atomic mass is 10.1. The summed E-state index contributed by atoms with van der Waals surface area (Å²) < 4.78 is 39.8. The van der Waals surface area contributed by atoms with Crippen LogP contribution < -0.4 is 26.2 Å². The zero-order chi connectivity index (χ0) is 30.0. The second-order valence-electron chi connectivity index (χ2n) is 12.1. The third-order valence-corrected chi connectivity index (χ3v) is 9.64. The number of thiazole rings is 1. The van der Waals surface area contributed by atoms with Gasteiger partial charge >= 0.3 is 6.01 Å². The summed E-state index contributed by atoms with van der Waals surface area (Å²) in [5, 5.41) is 3.79. The number of pyridine rings is 1. The molecule has 0 amide bonds. The highest BCUT2D eigenvalue weighted by Gasteiger charge is 2.41. The Morgan fingerprint density at radius 2 is 1.84 bits per heavy atom. The minimum Gasteiger partial charge on any atom is -0.459 e. The molecule has 13 heteroatoms. The van der Waals surface area contributed by atoms with Crippen LogP contribution in [0.1, 0.15) is 52.0 Å². The van der Waals surface area contributed by atoms with Gasteiger partial charge in [0.15, 0.2) is 10.9 Å². The third-order valence-electron chi connectivity index (χ3n) is 8.74. The molecule has 3 unspecified atom stereocenters. The molecular formula is C30H36F2N8O2S. The van der Waals surface area contributed by atoms with E-state index in [-0.39, 0.29) is 67.7 Å². The third kappa shape index (κ3) is 4.91. The Hall–Kier alpha value is -3.42. The van der Waals surface area contributed by atoms with Crippen molar-refractivity contribution in [1.29, 1.82) is 0 Å². The number of ether oxygens (including phenoxy) is 1. The van der Waals surface area contributed by atoms with Crippen molar-refractivity contribution >= 4 is 43.4 Å². The molecule has 3 aromatic heterocycles. The fraction of sp³-hybridized carbons (Fsp3) is 0.533. The van der Waals surface area contributed by atoms with Gasteiger partial charge in [-0.05, 0) is 64.8 Å². The van der Waals surface area contributed by atoms with E-state index in [0.717, 1.165) is 63.1 Å². The van der Waals surface area contributed by atoms with Gasteiger partial charge in [0, 0.05) is 43.3 Å². The van der Waals surface area contributed by atoms with Gasteiger partial charge in [0.25, 0.3) is 5.56 Å². The van der Waals surface area contributed by atoms with Gasteiger partial charge in [0.05, 0.1) is 15.9 Å². The highest BCUT2D eigenvalue weighted by atomic mass is 32.1. The summed E-state index contributed by atoms with van der Waals surface area (Å²) in [5.41, 5.74) is 6.09. The van der Waals surface area contributed by atoms with E-state index < -0.39 is 11.6 Å². The van der Waals surface area contributed by atoms with E-state index in [1.165, 1.54) is 16.7 Å². The van der Waals surface area contributed by atoms with Crippen LogP contribution in [0.5, 0.6) is 6.01 Å². The lowest BCUT2D eigenvalue weighted by molar-refractivity contribution is 0.151. The van der Waals surface area contributed by atoms with E-state index in [4.69, 9.17) is 15.5 Å². The second-order valence-corrected chi connectivity index (χ2v) is 13.1. The molecule has 2 aliphatic heterocycles. The molecule has 0 spiro atoms. The molecule has 1 aromatic carbocycles. The van der Waals surface area contributed by atoms with Crippen molar-refractivity contribution in [3.63, 3.8) is 0 Å². The fourth-order valence-corrected chi connectivity index (χ4v) is 7.59. The van der Waals surface area contributed by atoms with Crippen LogP contribution in [-0.4, -0.2) is 75.8 Å². The Kier molecular flexibility index (Phi) is 7.21. The van der Waals surface area contributed by atoms with Gasteiger partial charge in [-0.1, -0.05) is 18.3 Å². The normalized spacial score (nSPS) is 20.9. The first kappa shape index (κ1) is 28.4. The Balaban J connectivity index is 1.47. The molecule has 4 aromatic rings. The molecule has 3 fully saturated rings. The zero-order valence-corrected chi connectivity index (χ0v) is 25.4. The van der Waals surface area contributed by atoms with Crippen molar-refractivity contribution in [3.8, 4) is 17.3 Å². The summed E-state index contributed by atoms with van der Waals surface area (Å²) in [7, 11) is 2.02. The van der Waals surface area contributed by atoms with Gasteiger partial charge in [0.2, 0.25) is 0 Å². The molecule has 43 heavy (non-hydrogen) atoms. The molecular weight excluding hydrogens is 574 g/mol. The number of halogens is 2. The van der Waals surface area contributed by atoms with Crippen molar-refractivity contribution in [2.45, 2.75) is 70.2 Å². The molecule has 3 aliphatic rings. The van der Waals surface area contributed by atoms with Gasteiger partial charge in [-0.2, -0.15) is 9.97 Å². The summed E-state index contributed by atoms with van der Waals surface area (Å²) in [4.78, 5) is 32.6. The fourth-order valence-electron chi connectivity index (χ4n) is 6.83. The highest BCUT2D eigenvalue weighted by Crippen LogP contribution is 2.44. The van der Waals surface area contributed by atoms with Crippen molar-refractivity contribution in [3.05, 3.63) is 34.1 Å². The Morgan fingerprint density at radius 1 is 1.12 bits per heavy atom. The topological polar surface area (TPSA) is 114 Å². The first-order valence-electron chi connectivity index (χ1n) is 15.1. The summed E-state index contributed by atoms with van der Waals surface area (Å²) in [6.45, 7) is 7.11. The van der Waals surface area contributed by atoms with Crippen LogP contribution >= 0.6 is 11.3 Å². The van der Waals surface area contributed by atoms with E-state index in [0.29, 0.717) is 17.9 Å². The molecule has 2 saturated heterocycles. The van der Waals surface area contributed by atoms with E-state index in [1.807, 2.05) is 14.0 Å². The standard InChI is InChI=1S/C30H36F2N8O2S/c1-4-11-38(3)14-15(2)42-30-36-24-21(27(37-30)39-17-7-8-18(39)13-34-12-17)28(41)40(16-5-6-16)25(22(24)32)19-9-10-20(31)26-23(19)35-29(33)43-26/h9-10,15-18,34H,4-8,11-14H2,1-3H3,(H2,33,35). The average molecular weight is 611 g/mol. The van der Waals surface area contributed by atoms with E-state index in [1.54, 1.807) is 0 Å². The van der Waals surface area contributed by atoms with Gasteiger partial charge in [-0.15, -0.1) is 0 Å². The second kappa shape index (κ2) is 10.9. The molecule has 2 bridgehead atoms. The van der Waals surface area contributed by atoms with E-state index in [9.17, 15) is 9.18 Å². The maximum absolute atomic E-state index is 17.1. The lowest BCUT2D eigenvalue weighted by Crippen LogP contribution is -2.52. The zero-order valence-electron chi connectivity index (χ0n) is 24.6. The maximum atomic E-state index is 17.1. The first-order chi connectivity index (χ1) is 20.7. The van der Waals surface area contributed by atoms with Gasteiger partial charge in [0.1, 0.15) is 28.6 Å². The molecule has 5 heterocycles. The summed E-state index contributed by atoms with van der Waals surface area (Å²) >= 11 is 0.997. The van der Waals surface area contributed by atoms with Crippen molar-refractivity contribution in [1.82, 2.24) is 29.7 Å². The van der Waals surface area contributed by atoms with Crippen molar-refractivity contribution in [2.24, 2.45) is 0 Å². The van der Waals surface area contributed by atoms with Crippen molar-refractivity contribution < 1.29 is 13.5 Å².